The van der Waals surface area contributed by atoms with Crippen molar-refractivity contribution >= 4 is 11.7 Å². The van der Waals surface area contributed by atoms with Gasteiger partial charge in [0.25, 0.3) is 5.91 Å². The summed E-state index contributed by atoms with van der Waals surface area (Å²) in [6.07, 6.45) is 0.848. The number of rotatable bonds is 3. The van der Waals surface area contributed by atoms with Crippen LogP contribution < -0.4 is 14.4 Å². The number of fused-ring (bicyclic) bond motifs is 1. The van der Waals surface area contributed by atoms with Crippen molar-refractivity contribution in [3.8, 4) is 11.5 Å². The SMILES string of the molecule is Cc1cc(N2CCN(C(=O)c3ccc4c(c3)OCCCO4)CC2)nc(C(C)C)n1. The molecule has 0 saturated carbocycles. The Kier molecular flexibility index (Phi) is 5.56. The second-order valence-corrected chi connectivity index (χ2v) is 7.87. The molecule has 0 spiro atoms. The summed E-state index contributed by atoms with van der Waals surface area (Å²) in [6.45, 7) is 10.3. The van der Waals surface area contributed by atoms with E-state index in [-0.39, 0.29) is 11.8 Å². The van der Waals surface area contributed by atoms with Crippen LogP contribution in [0.25, 0.3) is 0 Å². The van der Waals surface area contributed by atoms with Crippen molar-refractivity contribution in [2.45, 2.75) is 33.1 Å². The Hall–Kier alpha value is -2.83. The van der Waals surface area contributed by atoms with Gasteiger partial charge in [-0.1, -0.05) is 13.8 Å². The van der Waals surface area contributed by atoms with Crippen LogP contribution in [-0.4, -0.2) is 60.2 Å². The summed E-state index contributed by atoms with van der Waals surface area (Å²) in [5.41, 5.74) is 1.62. The lowest BCUT2D eigenvalue weighted by atomic mass is 10.1. The number of hydrogen-bond acceptors (Lipinski definition) is 6. The normalized spacial score (nSPS) is 16.7. The smallest absolute Gasteiger partial charge is 0.254 e. The molecule has 2 aliphatic rings. The van der Waals surface area contributed by atoms with Crippen LogP contribution in [-0.2, 0) is 0 Å². The number of aryl methyl sites for hydroxylation is 1. The number of piperazine rings is 1. The van der Waals surface area contributed by atoms with Crippen molar-refractivity contribution in [1.29, 1.82) is 0 Å². The summed E-state index contributed by atoms with van der Waals surface area (Å²) in [5.74, 6) is 3.50. The summed E-state index contributed by atoms with van der Waals surface area (Å²) in [5, 5.41) is 0. The van der Waals surface area contributed by atoms with Crippen LogP contribution in [0.3, 0.4) is 0 Å². The number of amides is 1. The number of ether oxygens (including phenoxy) is 2. The summed E-state index contributed by atoms with van der Waals surface area (Å²) in [6, 6.07) is 7.48. The molecule has 3 heterocycles. The van der Waals surface area contributed by atoms with Gasteiger partial charge < -0.3 is 19.3 Å². The van der Waals surface area contributed by atoms with E-state index in [0.717, 1.165) is 36.8 Å². The number of hydrogen-bond donors (Lipinski definition) is 0. The number of benzene rings is 1. The molecule has 0 aliphatic carbocycles. The van der Waals surface area contributed by atoms with Crippen molar-refractivity contribution in [3.05, 3.63) is 41.3 Å². The van der Waals surface area contributed by atoms with Gasteiger partial charge >= 0.3 is 0 Å². The van der Waals surface area contributed by atoms with E-state index in [9.17, 15) is 4.79 Å². The highest BCUT2D eigenvalue weighted by atomic mass is 16.5. The van der Waals surface area contributed by atoms with E-state index in [1.165, 1.54) is 0 Å². The first-order chi connectivity index (χ1) is 14.0. The van der Waals surface area contributed by atoms with Gasteiger partial charge in [-0.15, -0.1) is 0 Å². The predicted molar refractivity (Wildman–Crippen MR) is 111 cm³/mol. The van der Waals surface area contributed by atoms with Crippen LogP contribution >= 0.6 is 0 Å². The van der Waals surface area contributed by atoms with Crippen LogP contribution in [0.15, 0.2) is 24.3 Å². The molecule has 7 nitrogen and oxygen atoms in total. The molecule has 1 fully saturated rings. The highest BCUT2D eigenvalue weighted by Gasteiger charge is 2.24. The molecule has 0 N–H and O–H groups in total. The van der Waals surface area contributed by atoms with Crippen molar-refractivity contribution in [2.24, 2.45) is 0 Å². The van der Waals surface area contributed by atoms with Gasteiger partial charge in [0.05, 0.1) is 13.2 Å². The highest BCUT2D eigenvalue weighted by molar-refractivity contribution is 5.95. The number of nitrogens with zero attached hydrogens (tertiary/aromatic N) is 4. The zero-order chi connectivity index (χ0) is 20.4. The van der Waals surface area contributed by atoms with Gasteiger partial charge in [-0.05, 0) is 25.1 Å². The molecule has 0 radical (unpaired) electrons. The van der Waals surface area contributed by atoms with Gasteiger partial charge in [0.2, 0.25) is 0 Å². The largest absolute Gasteiger partial charge is 0.490 e. The molecule has 2 aliphatic heterocycles. The Morgan fingerprint density at radius 2 is 1.72 bits per heavy atom. The molecule has 1 saturated heterocycles. The lowest BCUT2D eigenvalue weighted by Crippen LogP contribution is -2.49. The van der Waals surface area contributed by atoms with E-state index in [4.69, 9.17) is 14.5 Å². The van der Waals surface area contributed by atoms with Crippen LogP contribution in [0.4, 0.5) is 5.82 Å². The first kappa shape index (κ1) is 19.5. The molecule has 7 heteroatoms. The maximum Gasteiger partial charge on any atom is 0.254 e. The lowest BCUT2D eigenvalue weighted by Gasteiger charge is -2.35. The lowest BCUT2D eigenvalue weighted by molar-refractivity contribution is 0.0746. The highest BCUT2D eigenvalue weighted by Crippen LogP contribution is 2.31. The van der Waals surface area contributed by atoms with Crippen molar-refractivity contribution in [2.75, 3.05) is 44.3 Å². The minimum atomic E-state index is 0.0297. The molecule has 1 aromatic carbocycles. The summed E-state index contributed by atoms with van der Waals surface area (Å²) in [7, 11) is 0. The van der Waals surface area contributed by atoms with E-state index in [2.05, 4.69) is 23.7 Å². The Morgan fingerprint density at radius 1 is 1.00 bits per heavy atom. The average molecular weight is 396 g/mol. The molecule has 0 atom stereocenters. The number of aromatic nitrogens is 2. The third-order valence-corrected chi connectivity index (χ3v) is 5.26. The first-order valence-electron chi connectivity index (χ1n) is 10.3. The minimum Gasteiger partial charge on any atom is -0.490 e. The van der Waals surface area contributed by atoms with Crippen LogP contribution in [0.2, 0.25) is 0 Å². The Labute approximate surface area is 171 Å². The third-order valence-electron chi connectivity index (χ3n) is 5.26. The molecular weight excluding hydrogens is 368 g/mol. The summed E-state index contributed by atoms with van der Waals surface area (Å²) < 4.78 is 11.4. The third kappa shape index (κ3) is 4.28. The zero-order valence-corrected chi connectivity index (χ0v) is 17.4. The van der Waals surface area contributed by atoms with E-state index in [1.807, 2.05) is 30.0 Å². The minimum absolute atomic E-state index is 0.0297. The number of carbonyl (C=O) groups excluding carboxylic acids is 1. The van der Waals surface area contributed by atoms with E-state index in [1.54, 1.807) is 6.07 Å². The second kappa shape index (κ2) is 8.27. The maximum atomic E-state index is 13.0. The molecule has 154 valence electrons. The molecule has 2 aromatic rings. The molecule has 4 rings (SSSR count). The molecular formula is C22H28N4O3. The van der Waals surface area contributed by atoms with E-state index in [0.29, 0.717) is 43.4 Å². The Morgan fingerprint density at radius 3 is 2.45 bits per heavy atom. The number of anilines is 1. The molecule has 1 aromatic heterocycles. The quantitative estimate of drug-likeness (QED) is 0.794. The van der Waals surface area contributed by atoms with Gasteiger partial charge in [0.1, 0.15) is 11.6 Å². The van der Waals surface area contributed by atoms with Crippen molar-refractivity contribution in [1.82, 2.24) is 14.9 Å². The fraction of sp³-hybridized carbons (Fsp3) is 0.500. The van der Waals surface area contributed by atoms with Gasteiger partial charge in [0.15, 0.2) is 11.5 Å². The van der Waals surface area contributed by atoms with E-state index >= 15 is 0 Å². The number of carbonyl (C=O) groups is 1. The standard InChI is InChI=1S/C22H28N4O3/c1-15(2)21-23-16(3)13-20(24-21)25-7-9-26(10-8-25)22(27)17-5-6-18-19(14-17)29-12-4-11-28-18/h5-6,13-15H,4,7-12H2,1-3H3. The zero-order valence-electron chi connectivity index (χ0n) is 17.4. The summed E-state index contributed by atoms with van der Waals surface area (Å²) >= 11 is 0. The predicted octanol–water partition coefficient (Wildman–Crippen LogP) is 3.03. The monoisotopic (exact) mass is 396 g/mol. The second-order valence-electron chi connectivity index (χ2n) is 7.87. The first-order valence-corrected chi connectivity index (χ1v) is 10.3. The maximum absolute atomic E-state index is 13.0. The van der Waals surface area contributed by atoms with Crippen LogP contribution in [0.1, 0.15) is 48.1 Å². The molecule has 0 bridgehead atoms. The fourth-order valence-corrected chi connectivity index (χ4v) is 3.61. The van der Waals surface area contributed by atoms with Crippen molar-refractivity contribution < 1.29 is 14.3 Å². The van der Waals surface area contributed by atoms with Crippen LogP contribution in [0, 0.1) is 6.92 Å². The van der Waals surface area contributed by atoms with Gasteiger partial charge in [0, 0.05) is 55.8 Å². The topological polar surface area (TPSA) is 67.8 Å². The average Bonchev–Trinajstić information content (AvgIpc) is 2.97. The van der Waals surface area contributed by atoms with E-state index < -0.39 is 0 Å². The van der Waals surface area contributed by atoms with Gasteiger partial charge in [-0.3, -0.25) is 4.79 Å². The van der Waals surface area contributed by atoms with Gasteiger partial charge in [-0.2, -0.15) is 0 Å². The Bertz CT molecular complexity index is 892. The molecule has 1 amide bonds. The van der Waals surface area contributed by atoms with Gasteiger partial charge in [-0.25, -0.2) is 9.97 Å². The molecule has 0 unspecified atom stereocenters. The summed E-state index contributed by atoms with van der Waals surface area (Å²) in [4.78, 5) is 26.4. The Balaban J connectivity index is 1.43. The fourth-order valence-electron chi connectivity index (χ4n) is 3.61. The molecule has 29 heavy (non-hydrogen) atoms. The van der Waals surface area contributed by atoms with Crippen LogP contribution in [0.5, 0.6) is 11.5 Å². The van der Waals surface area contributed by atoms with Crippen molar-refractivity contribution in [3.63, 3.8) is 0 Å².